The van der Waals surface area contributed by atoms with Gasteiger partial charge in [-0.15, -0.1) is 10.2 Å². The number of fused-ring (bicyclic) bond motifs is 1. The Hall–Kier alpha value is -3.58. The van der Waals surface area contributed by atoms with Crippen molar-refractivity contribution >= 4 is 22.8 Å². The number of methoxy groups -OCH3 is 1. The Morgan fingerprint density at radius 2 is 1.67 bits per heavy atom. The van der Waals surface area contributed by atoms with Gasteiger partial charge in [0.1, 0.15) is 11.6 Å². The van der Waals surface area contributed by atoms with E-state index in [9.17, 15) is 0 Å². The third kappa shape index (κ3) is 3.44. The number of ether oxygens (including phenoxy) is 1. The van der Waals surface area contributed by atoms with Crippen molar-refractivity contribution in [3.05, 3.63) is 84.7 Å². The third-order valence-corrected chi connectivity index (χ3v) is 5.71. The van der Waals surface area contributed by atoms with E-state index in [0.29, 0.717) is 5.75 Å². The number of hydrogen-bond acceptors (Lipinski definition) is 5. The lowest BCUT2D eigenvalue weighted by molar-refractivity contribution is 0.416. The van der Waals surface area contributed by atoms with E-state index in [-0.39, 0.29) is 0 Å². The number of nitrogens with zero attached hydrogens (tertiary/aromatic N) is 4. The topological polar surface area (TPSA) is 68.6 Å². The van der Waals surface area contributed by atoms with Gasteiger partial charge in [-0.1, -0.05) is 54.2 Å². The first-order valence-electron chi connectivity index (χ1n) is 9.54. The molecule has 2 aromatic heterocycles. The highest BCUT2D eigenvalue weighted by molar-refractivity contribution is 7.98. The van der Waals surface area contributed by atoms with Gasteiger partial charge in [0.05, 0.1) is 29.5 Å². The molecular formula is C23H19N5OS. The van der Waals surface area contributed by atoms with E-state index in [4.69, 9.17) is 4.74 Å². The van der Waals surface area contributed by atoms with Crippen LogP contribution in [-0.4, -0.2) is 31.8 Å². The lowest BCUT2D eigenvalue weighted by Gasteiger charge is -2.12. The smallest absolute Gasteiger partial charge is 0.196 e. The zero-order chi connectivity index (χ0) is 20.3. The van der Waals surface area contributed by atoms with Crippen molar-refractivity contribution in [3.8, 4) is 22.8 Å². The minimum absolute atomic E-state index is 0.658. The summed E-state index contributed by atoms with van der Waals surface area (Å²) in [6.45, 7) is 0. The lowest BCUT2D eigenvalue weighted by atomic mass is 10.2. The fourth-order valence-electron chi connectivity index (χ4n) is 3.38. The Labute approximate surface area is 178 Å². The van der Waals surface area contributed by atoms with Gasteiger partial charge in [-0.25, -0.2) is 4.98 Å². The van der Waals surface area contributed by atoms with Crippen molar-refractivity contribution in [2.45, 2.75) is 10.9 Å². The first-order valence-corrected chi connectivity index (χ1v) is 10.5. The molecule has 0 aliphatic rings. The summed E-state index contributed by atoms with van der Waals surface area (Å²) in [5, 5.41) is 9.79. The lowest BCUT2D eigenvalue weighted by Crippen LogP contribution is -2.01. The number of hydrogen-bond donors (Lipinski definition) is 1. The molecule has 2 heterocycles. The number of benzene rings is 3. The summed E-state index contributed by atoms with van der Waals surface area (Å²) in [6, 6.07) is 26.0. The molecule has 0 aliphatic carbocycles. The number of thioether (sulfide) groups is 1. The molecule has 6 nitrogen and oxygen atoms in total. The second kappa shape index (κ2) is 8.04. The van der Waals surface area contributed by atoms with E-state index in [1.165, 1.54) is 0 Å². The molecule has 0 radical (unpaired) electrons. The standard InChI is InChI=1S/C23H19N5OS/c1-29-20-14-8-5-11-17(20)22-26-27-23(28(22)16-9-3-2-4-10-16)30-15-21-24-18-12-6-7-13-19(18)25-21/h2-14H,15H2,1H3,(H,24,25). The molecule has 0 aliphatic heterocycles. The van der Waals surface area contributed by atoms with E-state index in [0.717, 1.165) is 44.8 Å². The zero-order valence-electron chi connectivity index (χ0n) is 16.3. The van der Waals surface area contributed by atoms with Crippen LogP contribution in [0.1, 0.15) is 5.82 Å². The molecule has 7 heteroatoms. The number of para-hydroxylation sites is 4. The van der Waals surface area contributed by atoms with Gasteiger partial charge in [0.15, 0.2) is 11.0 Å². The average Bonchev–Trinajstić information content (AvgIpc) is 3.42. The van der Waals surface area contributed by atoms with Crippen molar-refractivity contribution in [2.24, 2.45) is 0 Å². The molecule has 0 amide bonds. The predicted octanol–water partition coefficient (Wildman–Crippen LogP) is 5.11. The summed E-state index contributed by atoms with van der Waals surface area (Å²) in [5.74, 6) is 3.07. The molecule has 0 unspecified atom stereocenters. The van der Waals surface area contributed by atoms with Crippen LogP contribution < -0.4 is 4.74 Å². The maximum Gasteiger partial charge on any atom is 0.196 e. The minimum Gasteiger partial charge on any atom is -0.496 e. The quantitative estimate of drug-likeness (QED) is 0.392. The maximum atomic E-state index is 5.56. The van der Waals surface area contributed by atoms with Crippen molar-refractivity contribution < 1.29 is 4.74 Å². The van der Waals surface area contributed by atoms with Gasteiger partial charge in [-0.3, -0.25) is 4.57 Å². The molecule has 3 aromatic carbocycles. The third-order valence-electron chi connectivity index (χ3n) is 4.77. The monoisotopic (exact) mass is 413 g/mol. The van der Waals surface area contributed by atoms with Crippen LogP contribution in [0.25, 0.3) is 28.1 Å². The summed E-state index contributed by atoms with van der Waals surface area (Å²) in [4.78, 5) is 8.04. The molecule has 0 spiro atoms. The van der Waals surface area contributed by atoms with Crippen molar-refractivity contribution in [2.75, 3.05) is 7.11 Å². The SMILES string of the molecule is COc1ccccc1-c1nnc(SCc2nc3ccccc3[nH]2)n1-c1ccccc1. The van der Waals surface area contributed by atoms with Gasteiger partial charge in [0, 0.05) is 5.69 Å². The van der Waals surface area contributed by atoms with Gasteiger partial charge >= 0.3 is 0 Å². The van der Waals surface area contributed by atoms with Crippen molar-refractivity contribution in [3.63, 3.8) is 0 Å². The summed E-state index contributed by atoms with van der Waals surface area (Å²) >= 11 is 1.59. The summed E-state index contributed by atoms with van der Waals surface area (Å²) < 4.78 is 7.62. The van der Waals surface area contributed by atoms with Gasteiger partial charge < -0.3 is 9.72 Å². The highest BCUT2D eigenvalue weighted by Gasteiger charge is 2.19. The van der Waals surface area contributed by atoms with Crippen LogP contribution in [0.2, 0.25) is 0 Å². The van der Waals surface area contributed by atoms with Gasteiger partial charge in [-0.2, -0.15) is 0 Å². The molecule has 0 saturated heterocycles. The number of H-pyrrole nitrogens is 1. The largest absolute Gasteiger partial charge is 0.496 e. The van der Waals surface area contributed by atoms with Crippen LogP contribution in [-0.2, 0) is 5.75 Å². The van der Waals surface area contributed by atoms with Gasteiger partial charge in [-0.05, 0) is 36.4 Å². The molecule has 5 rings (SSSR count). The number of aromatic amines is 1. The Bertz CT molecular complexity index is 1260. The van der Waals surface area contributed by atoms with Crippen molar-refractivity contribution in [1.82, 2.24) is 24.7 Å². The Kier molecular flexibility index (Phi) is 4.94. The molecule has 1 N–H and O–H groups in total. The fraction of sp³-hybridized carbons (Fsp3) is 0.0870. The van der Waals surface area contributed by atoms with Crippen LogP contribution in [0.4, 0.5) is 0 Å². The molecule has 30 heavy (non-hydrogen) atoms. The number of nitrogens with one attached hydrogen (secondary N) is 1. The minimum atomic E-state index is 0.658. The normalized spacial score (nSPS) is 11.1. The van der Waals surface area contributed by atoms with Gasteiger partial charge in [0.25, 0.3) is 0 Å². The average molecular weight is 414 g/mol. The van der Waals surface area contributed by atoms with E-state index in [1.54, 1.807) is 18.9 Å². The summed E-state index contributed by atoms with van der Waals surface area (Å²) in [5.41, 5.74) is 3.89. The Balaban J connectivity index is 1.54. The van der Waals surface area contributed by atoms with E-state index >= 15 is 0 Å². The second-order valence-corrected chi connectivity index (χ2v) is 7.61. The summed E-state index contributed by atoms with van der Waals surface area (Å²) in [7, 11) is 1.67. The van der Waals surface area contributed by atoms with Crippen LogP contribution >= 0.6 is 11.8 Å². The number of aromatic nitrogens is 5. The summed E-state index contributed by atoms with van der Waals surface area (Å²) in [6.07, 6.45) is 0. The maximum absolute atomic E-state index is 5.56. The van der Waals surface area contributed by atoms with Crippen LogP contribution in [0.5, 0.6) is 5.75 Å². The van der Waals surface area contributed by atoms with E-state index in [1.807, 2.05) is 78.9 Å². The molecular weight excluding hydrogens is 394 g/mol. The first-order chi connectivity index (χ1) is 14.8. The first kappa shape index (κ1) is 18.4. The predicted molar refractivity (Wildman–Crippen MR) is 119 cm³/mol. The van der Waals surface area contributed by atoms with Crippen LogP contribution in [0.15, 0.2) is 84.0 Å². The zero-order valence-corrected chi connectivity index (χ0v) is 17.1. The molecule has 5 aromatic rings. The molecule has 148 valence electrons. The molecule has 0 saturated carbocycles. The van der Waals surface area contributed by atoms with Crippen LogP contribution in [0, 0.1) is 0 Å². The van der Waals surface area contributed by atoms with E-state index < -0.39 is 0 Å². The highest BCUT2D eigenvalue weighted by Crippen LogP contribution is 2.33. The number of imidazole rings is 1. The molecule has 0 atom stereocenters. The number of rotatable bonds is 6. The van der Waals surface area contributed by atoms with Crippen LogP contribution in [0.3, 0.4) is 0 Å². The van der Waals surface area contributed by atoms with E-state index in [2.05, 4.69) is 24.7 Å². The second-order valence-electron chi connectivity index (χ2n) is 6.67. The molecule has 0 fully saturated rings. The van der Waals surface area contributed by atoms with Crippen molar-refractivity contribution in [1.29, 1.82) is 0 Å². The fourth-order valence-corrected chi connectivity index (χ4v) is 4.21. The molecule has 0 bridgehead atoms. The highest BCUT2D eigenvalue weighted by atomic mass is 32.2. The Morgan fingerprint density at radius 3 is 2.50 bits per heavy atom. The van der Waals surface area contributed by atoms with Gasteiger partial charge in [0.2, 0.25) is 0 Å². The Morgan fingerprint density at radius 1 is 0.900 bits per heavy atom.